The molecule has 7 heteroatoms. The number of amidine groups is 1. The molecule has 1 heterocycles. The van der Waals surface area contributed by atoms with Crippen molar-refractivity contribution in [3.8, 4) is 22.6 Å². The summed E-state index contributed by atoms with van der Waals surface area (Å²) in [6.07, 6.45) is 4.41. The molecule has 162 valence electrons. The highest BCUT2D eigenvalue weighted by Gasteiger charge is 2.27. The summed E-state index contributed by atoms with van der Waals surface area (Å²) in [7, 11) is 0. The minimum Gasteiger partial charge on any atom is -0.472 e. The Kier molecular flexibility index (Phi) is 6.84. The summed E-state index contributed by atoms with van der Waals surface area (Å²) >= 11 is 0. The number of allylic oxidation sites excluding steroid dienone is 1. The Morgan fingerprint density at radius 2 is 1.97 bits per heavy atom. The van der Waals surface area contributed by atoms with E-state index in [1.54, 1.807) is 30.5 Å². The number of nitrogens with zero attached hydrogens (tertiary/aromatic N) is 3. The molecule has 0 saturated carbocycles. The number of ether oxygens (including phenoxy) is 2. The lowest BCUT2D eigenvalue weighted by molar-refractivity contribution is -0.0257. The van der Waals surface area contributed by atoms with Gasteiger partial charge in [-0.25, -0.2) is 9.98 Å². The van der Waals surface area contributed by atoms with E-state index >= 15 is 0 Å². The van der Waals surface area contributed by atoms with Crippen LogP contribution in [-0.2, 0) is 0 Å². The molecule has 1 aliphatic rings. The molecule has 1 aliphatic heterocycles. The first kappa shape index (κ1) is 22.2. The number of carbonyl (C=O) groups is 1. The molecule has 0 aromatic heterocycles. The maximum absolute atomic E-state index is 13.7. The maximum Gasteiger partial charge on any atom is 0.260 e. The van der Waals surface area contributed by atoms with E-state index in [0.29, 0.717) is 22.9 Å². The minimum absolute atomic E-state index is 0.113. The summed E-state index contributed by atoms with van der Waals surface area (Å²) in [5.74, 6) is -0.526. The molecule has 1 amide bonds. The Hall–Kier alpha value is -3.48. The van der Waals surface area contributed by atoms with Crippen molar-refractivity contribution in [2.45, 2.75) is 33.0 Å². The average Bonchev–Trinajstić information content (AvgIpc) is 2.74. The van der Waals surface area contributed by atoms with Crippen LogP contribution >= 0.6 is 0 Å². The van der Waals surface area contributed by atoms with Crippen LogP contribution in [0.5, 0.6) is 11.5 Å². The van der Waals surface area contributed by atoms with Gasteiger partial charge in [0.1, 0.15) is 17.3 Å². The molecule has 0 atom stereocenters. The zero-order valence-electron chi connectivity index (χ0n) is 18.0. The van der Waals surface area contributed by atoms with E-state index in [1.165, 1.54) is 18.7 Å². The Bertz CT molecular complexity index is 1010. The van der Waals surface area contributed by atoms with Gasteiger partial charge in [-0.05, 0) is 48.5 Å². The highest BCUT2D eigenvalue weighted by molar-refractivity contribution is 6.01. The van der Waals surface area contributed by atoms with Crippen LogP contribution in [0.4, 0.5) is 4.39 Å². The van der Waals surface area contributed by atoms with Crippen LogP contribution in [0.1, 0.15) is 37.6 Å². The van der Waals surface area contributed by atoms with Crippen molar-refractivity contribution in [1.82, 2.24) is 4.90 Å². The number of rotatable bonds is 7. The SMILES string of the molecule is C=N/C(CN1COc2ccc(-c3ccc(OC(C)(C)F)cc3)cc2C1=O)=N\C=C/CC. The molecule has 31 heavy (non-hydrogen) atoms. The van der Waals surface area contributed by atoms with Crippen LogP contribution in [0, 0.1) is 0 Å². The first-order valence-electron chi connectivity index (χ1n) is 10.0. The van der Waals surface area contributed by atoms with E-state index in [1.807, 2.05) is 31.2 Å². The van der Waals surface area contributed by atoms with Gasteiger partial charge in [0.05, 0.1) is 12.1 Å². The average molecular weight is 423 g/mol. The van der Waals surface area contributed by atoms with Gasteiger partial charge >= 0.3 is 0 Å². The van der Waals surface area contributed by atoms with E-state index in [4.69, 9.17) is 9.47 Å². The van der Waals surface area contributed by atoms with E-state index in [-0.39, 0.29) is 19.2 Å². The number of hydrogen-bond acceptors (Lipinski definition) is 4. The van der Waals surface area contributed by atoms with Gasteiger partial charge in [-0.3, -0.25) is 9.69 Å². The first-order valence-corrected chi connectivity index (χ1v) is 10.0. The molecular weight excluding hydrogens is 397 g/mol. The molecule has 3 rings (SSSR count). The summed E-state index contributed by atoms with van der Waals surface area (Å²) in [5.41, 5.74) is 2.17. The molecule has 0 saturated heterocycles. The van der Waals surface area contributed by atoms with E-state index in [2.05, 4.69) is 16.7 Å². The predicted octanol–water partition coefficient (Wildman–Crippen LogP) is 5.25. The second kappa shape index (κ2) is 9.55. The number of alkyl halides is 1. The normalized spacial score (nSPS) is 14.4. The summed E-state index contributed by atoms with van der Waals surface area (Å²) < 4.78 is 24.6. The number of halogens is 1. The third kappa shape index (κ3) is 5.78. The zero-order chi connectivity index (χ0) is 22.4. The summed E-state index contributed by atoms with van der Waals surface area (Å²) in [6.45, 7) is 8.54. The second-order valence-electron chi connectivity index (χ2n) is 7.47. The first-order chi connectivity index (χ1) is 14.8. The quantitative estimate of drug-likeness (QED) is 0.451. The van der Waals surface area contributed by atoms with Crippen molar-refractivity contribution in [1.29, 1.82) is 0 Å². The molecule has 0 fully saturated rings. The predicted molar refractivity (Wildman–Crippen MR) is 121 cm³/mol. The van der Waals surface area contributed by atoms with Crippen molar-refractivity contribution in [2.24, 2.45) is 9.98 Å². The second-order valence-corrected chi connectivity index (χ2v) is 7.47. The maximum atomic E-state index is 13.7. The smallest absolute Gasteiger partial charge is 0.260 e. The van der Waals surface area contributed by atoms with Crippen LogP contribution in [0.15, 0.2) is 64.7 Å². The molecule has 2 aromatic rings. The van der Waals surface area contributed by atoms with Crippen LogP contribution in [0.3, 0.4) is 0 Å². The van der Waals surface area contributed by atoms with Gasteiger partial charge in [0.25, 0.3) is 5.91 Å². The summed E-state index contributed by atoms with van der Waals surface area (Å²) in [4.78, 5) is 22.7. The van der Waals surface area contributed by atoms with Gasteiger partial charge in [0, 0.05) is 20.0 Å². The third-order valence-electron chi connectivity index (χ3n) is 4.50. The zero-order valence-corrected chi connectivity index (χ0v) is 18.0. The third-order valence-corrected chi connectivity index (χ3v) is 4.50. The van der Waals surface area contributed by atoms with Crippen molar-refractivity contribution in [3.05, 3.63) is 60.3 Å². The summed E-state index contributed by atoms with van der Waals surface area (Å²) in [5, 5.41) is 0. The van der Waals surface area contributed by atoms with Crippen molar-refractivity contribution < 1.29 is 18.7 Å². The molecule has 0 radical (unpaired) electrons. The fraction of sp³-hybridized carbons (Fsp3) is 0.292. The number of aliphatic imine (C=N–C) groups is 2. The molecule has 0 unspecified atom stereocenters. The van der Waals surface area contributed by atoms with Gasteiger partial charge < -0.3 is 9.47 Å². The van der Waals surface area contributed by atoms with Gasteiger partial charge in [-0.2, -0.15) is 4.39 Å². The van der Waals surface area contributed by atoms with E-state index in [9.17, 15) is 9.18 Å². The molecule has 0 aliphatic carbocycles. The van der Waals surface area contributed by atoms with Crippen molar-refractivity contribution >= 4 is 18.5 Å². The number of amides is 1. The minimum atomic E-state index is -1.75. The van der Waals surface area contributed by atoms with Crippen molar-refractivity contribution in [2.75, 3.05) is 13.3 Å². The van der Waals surface area contributed by atoms with Crippen LogP contribution in [-0.4, -0.2) is 42.5 Å². The van der Waals surface area contributed by atoms with E-state index < -0.39 is 5.85 Å². The lowest BCUT2D eigenvalue weighted by Crippen LogP contribution is -2.41. The lowest BCUT2D eigenvalue weighted by Gasteiger charge is -2.28. The molecule has 0 N–H and O–H groups in total. The monoisotopic (exact) mass is 423 g/mol. The number of benzene rings is 2. The van der Waals surface area contributed by atoms with Crippen LogP contribution < -0.4 is 9.47 Å². The summed E-state index contributed by atoms with van der Waals surface area (Å²) in [6, 6.07) is 12.5. The van der Waals surface area contributed by atoms with Gasteiger partial charge in [-0.1, -0.05) is 31.2 Å². The van der Waals surface area contributed by atoms with Gasteiger partial charge in [0.15, 0.2) is 6.73 Å². The highest BCUT2D eigenvalue weighted by atomic mass is 19.2. The molecule has 0 bridgehead atoms. The fourth-order valence-electron chi connectivity index (χ4n) is 3.04. The fourth-order valence-corrected chi connectivity index (χ4v) is 3.04. The number of hydrogen-bond donors (Lipinski definition) is 0. The Morgan fingerprint density at radius 1 is 1.26 bits per heavy atom. The topological polar surface area (TPSA) is 63.5 Å². The number of fused-ring (bicyclic) bond motifs is 1. The van der Waals surface area contributed by atoms with Crippen molar-refractivity contribution in [3.63, 3.8) is 0 Å². The molecule has 0 spiro atoms. The lowest BCUT2D eigenvalue weighted by atomic mass is 10.0. The standard InChI is InChI=1S/C24H26FN3O3/c1-5-6-13-27-22(26-4)15-28-16-30-21-12-9-18(14-20(21)23(28)29)17-7-10-19(11-8-17)31-24(2,3)25/h6-14H,4-5,15-16H2,1-3H3/b13-6-,27-22-. The Balaban J connectivity index is 1.80. The largest absolute Gasteiger partial charge is 0.472 e. The Morgan fingerprint density at radius 3 is 2.61 bits per heavy atom. The van der Waals surface area contributed by atoms with Crippen LogP contribution in [0.2, 0.25) is 0 Å². The van der Waals surface area contributed by atoms with Gasteiger partial charge in [0.2, 0.25) is 5.85 Å². The molecule has 2 aromatic carbocycles. The van der Waals surface area contributed by atoms with Crippen LogP contribution in [0.25, 0.3) is 11.1 Å². The highest BCUT2D eigenvalue weighted by Crippen LogP contribution is 2.31. The number of carbonyl (C=O) groups excluding carboxylic acids is 1. The molecular formula is C24H26FN3O3. The van der Waals surface area contributed by atoms with Gasteiger partial charge in [-0.15, -0.1) is 0 Å². The van der Waals surface area contributed by atoms with E-state index in [0.717, 1.165) is 17.5 Å². The Labute approximate surface area is 181 Å². The molecule has 6 nitrogen and oxygen atoms in total.